The van der Waals surface area contributed by atoms with Gasteiger partial charge in [0.05, 0.1) is 11.5 Å². The van der Waals surface area contributed by atoms with Crippen LogP contribution in [0, 0.1) is 6.92 Å². The maximum absolute atomic E-state index is 9.87. The van der Waals surface area contributed by atoms with E-state index in [0.717, 1.165) is 35.4 Å². The van der Waals surface area contributed by atoms with E-state index in [0.29, 0.717) is 0 Å². The smallest absolute Gasteiger partial charge is 0.138 e. The minimum absolute atomic E-state index is 0.0120. The molecule has 1 aliphatic rings. The molecule has 0 saturated heterocycles. The summed E-state index contributed by atoms with van der Waals surface area (Å²) < 4.78 is 0. The number of anilines is 1. The number of aliphatic hydroxyl groups excluding tert-OH is 1. The number of aryl methyl sites for hydroxylation is 1. The predicted octanol–water partition coefficient (Wildman–Crippen LogP) is 3.50. The van der Waals surface area contributed by atoms with Crippen LogP contribution in [0.4, 0.5) is 5.82 Å². The molecule has 0 radical (unpaired) electrons. The van der Waals surface area contributed by atoms with E-state index in [1.165, 1.54) is 11.1 Å². The van der Waals surface area contributed by atoms with E-state index < -0.39 is 0 Å². The Labute approximate surface area is 139 Å². The Morgan fingerprint density at radius 1 is 1.26 bits per heavy atom. The van der Waals surface area contributed by atoms with Crippen LogP contribution < -0.4 is 5.32 Å². The summed E-state index contributed by atoms with van der Waals surface area (Å²) in [6.45, 7) is 2.86. The third-order valence-electron chi connectivity index (χ3n) is 4.79. The van der Waals surface area contributed by atoms with Crippen molar-refractivity contribution in [2.75, 3.05) is 11.9 Å². The fraction of sp³-hybridized carbons (Fsp3) is 0.333. The molecule has 0 unspecified atom stereocenters. The summed E-state index contributed by atoms with van der Waals surface area (Å²) in [6, 6.07) is 10.5. The van der Waals surface area contributed by atoms with Gasteiger partial charge in [0, 0.05) is 12.0 Å². The van der Waals surface area contributed by atoms with Crippen LogP contribution in [0.3, 0.4) is 0 Å². The molecular weight excluding hydrogens is 306 g/mol. The number of aromatic nitrogens is 2. The van der Waals surface area contributed by atoms with Crippen molar-refractivity contribution in [3.8, 4) is 0 Å². The molecule has 5 heteroatoms. The Morgan fingerprint density at radius 2 is 2.04 bits per heavy atom. The predicted molar refractivity (Wildman–Crippen MR) is 94.0 cm³/mol. The second-order valence-electron chi connectivity index (χ2n) is 6.38. The third-order valence-corrected chi connectivity index (χ3v) is 5.79. The van der Waals surface area contributed by atoms with Gasteiger partial charge >= 0.3 is 0 Å². The maximum atomic E-state index is 9.87. The first-order chi connectivity index (χ1) is 11.2. The van der Waals surface area contributed by atoms with E-state index in [1.807, 2.05) is 6.07 Å². The van der Waals surface area contributed by atoms with Crippen LogP contribution in [-0.4, -0.2) is 27.7 Å². The van der Waals surface area contributed by atoms with Crippen LogP contribution in [0.15, 0.2) is 42.0 Å². The Kier molecular flexibility index (Phi) is 3.54. The molecule has 1 aromatic carbocycles. The van der Waals surface area contributed by atoms with Crippen molar-refractivity contribution in [2.45, 2.75) is 31.3 Å². The van der Waals surface area contributed by atoms with Gasteiger partial charge in [0.1, 0.15) is 17.0 Å². The van der Waals surface area contributed by atoms with Crippen LogP contribution in [0.25, 0.3) is 10.2 Å². The summed E-state index contributed by atoms with van der Waals surface area (Å²) in [4.78, 5) is 9.79. The lowest BCUT2D eigenvalue weighted by Crippen LogP contribution is -2.49. The number of thiophene rings is 1. The molecule has 23 heavy (non-hydrogen) atoms. The first-order valence-electron chi connectivity index (χ1n) is 7.84. The van der Waals surface area contributed by atoms with Gasteiger partial charge in [-0.15, -0.1) is 11.3 Å². The zero-order valence-electron chi connectivity index (χ0n) is 13.0. The van der Waals surface area contributed by atoms with Crippen molar-refractivity contribution < 1.29 is 5.11 Å². The largest absolute Gasteiger partial charge is 0.393 e. The first kappa shape index (κ1) is 14.6. The van der Waals surface area contributed by atoms with Gasteiger partial charge in [-0.3, -0.25) is 0 Å². The minimum atomic E-state index is -0.203. The van der Waals surface area contributed by atoms with Crippen LogP contribution in [0.5, 0.6) is 0 Å². The highest BCUT2D eigenvalue weighted by atomic mass is 32.1. The lowest BCUT2D eigenvalue weighted by molar-refractivity contribution is 0.0242. The number of hydrogen-bond donors (Lipinski definition) is 2. The topological polar surface area (TPSA) is 58.0 Å². The van der Waals surface area contributed by atoms with Crippen LogP contribution in [0.1, 0.15) is 24.0 Å². The highest BCUT2D eigenvalue weighted by Crippen LogP contribution is 2.44. The molecule has 3 aromatic rings. The summed E-state index contributed by atoms with van der Waals surface area (Å²) in [5.74, 6) is 0.894. The Morgan fingerprint density at radius 3 is 2.78 bits per heavy atom. The van der Waals surface area contributed by atoms with E-state index in [1.54, 1.807) is 17.7 Å². The summed E-state index contributed by atoms with van der Waals surface area (Å²) >= 11 is 1.65. The highest BCUT2D eigenvalue weighted by Gasteiger charge is 2.44. The van der Waals surface area contributed by atoms with Crippen LogP contribution in [0.2, 0.25) is 0 Å². The molecule has 0 aliphatic heterocycles. The van der Waals surface area contributed by atoms with Crippen LogP contribution >= 0.6 is 11.3 Å². The molecule has 2 heterocycles. The third kappa shape index (κ3) is 2.50. The molecule has 0 atom stereocenters. The molecule has 1 aliphatic carbocycles. The Bertz CT molecular complexity index is 825. The summed E-state index contributed by atoms with van der Waals surface area (Å²) in [5, 5.41) is 16.6. The zero-order chi connectivity index (χ0) is 15.9. The van der Waals surface area contributed by atoms with Crippen molar-refractivity contribution >= 4 is 27.4 Å². The van der Waals surface area contributed by atoms with Gasteiger partial charge in [0.2, 0.25) is 0 Å². The summed E-state index contributed by atoms with van der Waals surface area (Å²) in [6.07, 6.45) is 3.00. The Hall–Kier alpha value is -1.98. The molecule has 2 aromatic heterocycles. The number of aliphatic hydroxyl groups is 1. The summed E-state index contributed by atoms with van der Waals surface area (Å²) in [7, 11) is 0. The van der Waals surface area contributed by atoms with E-state index in [2.05, 4.69) is 51.9 Å². The quantitative estimate of drug-likeness (QED) is 0.771. The number of benzene rings is 1. The Balaban J connectivity index is 1.62. The monoisotopic (exact) mass is 325 g/mol. The SMILES string of the molecule is Cc1csc2ncnc(NCC3(c4ccccc4)CC(O)C3)c12. The van der Waals surface area contributed by atoms with Gasteiger partial charge in [-0.2, -0.15) is 0 Å². The molecule has 0 amide bonds. The number of fused-ring (bicyclic) bond motifs is 1. The number of rotatable bonds is 4. The normalized spacial score (nSPS) is 23.7. The van der Waals surface area contributed by atoms with Crippen molar-refractivity contribution in [3.63, 3.8) is 0 Å². The highest BCUT2D eigenvalue weighted by molar-refractivity contribution is 7.17. The molecular formula is C18H19N3OS. The van der Waals surface area contributed by atoms with E-state index in [9.17, 15) is 5.11 Å². The average molecular weight is 325 g/mol. The van der Waals surface area contributed by atoms with E-state index in [-0.39, 0.29) is 11.5 Å². The van der Waals surface area contributed by atoms with Crippen molar-refractivity contribution in [1.29, 1.82) is 0 Å². The average Bonchev–Trinajstić information content (AvgIpc) is 2.93. The lowest BCUT2D eigenvalue weighted by Gasteiger charge is -2.46. The molecule has 118 valence electrons. The molecule has 1 saturated carbocycles. The van der Waals surface area contributed by atoms with E-state index in [4.69, 9.17) is 0 Å². The van der Waals surface area contributed by atoms with Crippen molar-refractivity contribution in [2.24, 2.45) is 0 Å². The van der Waals surface area contributed by atoms with Gasteiger partial charge in [-0.25, -0.2) is 9.97 Å². The van der Waals surface area contributed by atoms with Gasteiger partial charge < -0.3 is 10.4 Å². The summed E-state index contributed by atoms with van der Waals surface area (Å²) in [5.41, 5.74) is 2.47. The molecule has 2 N–H and O–H groups in total. The first-order valence-corrected chi connectivity index (χ1v) is 8.72. The lowest BCUT2D eigenvalue weighted by atomic mass is 9.62. The number of nitrogens with one attached hydrogen (secondary N) is 1. The van der Waals surface area contributed by atoms with Gasteiger partial charge in [-0.1, -0.05) is 30.3 Å². The molecule has 4 rings (SSSR count). The van der Waals surface area contributed by atoms with Crippen molar-refractivity contribution in [1.82, 2.24) is 9.97 Å². The second-order valence-corrected chi connectivity index (χ2v) is 7.24. The fourth-order valence-electron chi connectivity index (χ4n) is 3.52. The zero-order valence-corrected chi connectivity index (χ0v) is 13.8. The van der Waals surface area contributed by atoms with Crippen LogP contribution in [-0.2, 0) is 5.41 Å². The molecule has 1 fully saturated rings. The standard InChI is InChI=1S/C18H19N3OS/c1-12-9-23-17-15(12)16(20-11-21-17)19-10-18(7-14(22)8-18)13-5-3-2-4-6-13/h2-6,9,11,14,22H,7-8,10H2,1H3,(H,19,20,21). The second kappa shape index (κ2) is 5.58. The van der Waals surface area contributed by atoms with E-state index >= 15 is 0 Å². The number of nitrogens with zero attached hydrogens (tertiary/aromatic N) is 2. The molecule has 0 spiro atoms. The van der Waals surface area contributed by atoms with Crippen molar-refractivity contribution in [3.05, 3.63) is 53.2 Å². The fourth-order valence-corrected chi connectivity index (χ4v) is 4.41. The minimum Gasteiger partial charge on any atom is -0.393 e. The van der Waals surface area contributed by atoms with Gasteiger partial charge in [-0.05, 0) is 36.3 Å². The van der Waals surface area contributed by atoms with Gasteiger partial charge in [0.25, 0.3) is 0 Å². The molecule has 0 bridgehead atoms. The number of hydrogen-bond acceptors (Lipinski definition) is 5. The maximum Gasteiger partial charge on any atom is 0.138 e. The van der Waals surface area contributed by atoms with Gasteiger partial charge in [0.15, 0.2) is 0 Å². The molecule has 4 nitrogen and oxygen atoms in total.